The van der Waals surface area contributed by atoms with E-state index in [9.17, 15) is 9.59 Å². The molecule has 5 rings (SSSR count). The van der Waals surface area contributed by atoms with Crippen molar-refractivity contribution in [1.82, 2.24) is 4.90 Å². The first-order valence-electron chi connectivity index (χ1n) is 12.9. The van der Waals surface area contributed by atoms with E-state index in [-0.39, 0.29) is 12.0 Å². The normalized spacial score (nSPS) is 20.8. The Kier molecular flexibility index (Phi) is 7.23. The molecule has 2 heterocycles. The van der Waals surface area contributed by atoms with E-state index in [2.05, 4.69) is 34.9 Å². The molecule has 7 heteroatoms. The lowest BCUT2D eigenvalue weighted by molar-refractivity contribution is 0.0712. The van der Waals surface area contributed by atoms with Gasteiger partial charge in [-0.05, 0) is 72.9 Å². The second kappa shape index (κ2) is 10.7. The molecule has 0 radical (unpaired) electrons. The third-order valence-corrected chi connectivity index (χ3v) is 7.70. The lowest BCUT2D eigenvalue weighted by Gasteiger charge is -2.33. The van der Waals surface area contributed by atoms with Gasteiger partial charge in [-0.1, -0.05) is 24.6 Å². The third-order valence-electron chi connectivity index (χ3n) is 7.70. The van der Waals surface area contributed by atoms with E-state index in [1.54, 1.807) is 0 Å². The number of benzene rings is 2. The summed E-state index contributed by atoms with van der Waals surface area (Å²) in [5, 5.41) is 6.09. The molecule has 2 aliphatic heterocycles. The topological polar surface area (TPSA) is 79.9 Å². The minimum atomic E-state index is -0.476. The van der Waals surface area contributed by atoms with Gasteiger partial charge in [0.2, 0.25) is 0 Å². The van der Waals surface area contributed by atoms with Crippen LogP contribution in [0, 0.1) is 0 Å². The van der Waals surface area contributed by atoms with Gasteiger partial charge in [-0.15, -0.1) is 0 Å². The lowest BCUT2D eigenvalue weighted by Crippen LogP contribution is -2.38. The summed E-state index contributed by atoms with van der Waals surface area (Å²) in [5.41, 5.74) is 4.85. The van der Waals surface area contributed by atoms with Crippen LogP contribution in [0.25, 0.3) is 0 Å². The van der Waals surface area contributed by atoms with E-state index in [0.29, 0.717) is 36.3 Å². The van der Waals surface area contributed by atoms with Gasteiger partial charge >= 0.3 is 6.09 Å². The van der Waals surface area contributed by atoms with Crippen molar-refractivity contribution in [1.29, 1.82) is 0 Å². The summed E-state index contributed by atoms with van der Waals surface area (Å²) in [6.07, 6.45) is 5.35. The van der Waals surface area contributed by atoms with Gasteiger partial charge in [0.05, 0.1) is 13.2 Å². The highest BCUT2D eigenvalue weighted by Gasteiger charge is 2.28. The minimum Gasteiger partial charge on any atom is -0.443 e. The van der Waals surface area contributed by atoms with E-state index in [1.165, 1.54) is 12.0 Å². The number of hydrogen-bond donors (Lipinski definition) is 2. The first kappa shape index (κ1) is 23.7. The number of carbonyl (C=O) groups is 2. The van der Waals surface area contributed by atoms with E-state index >= 15 is 0 Å². The van der Waals surface area contributed by atoms with Crippen LogP contribution in [-0.4, -0.2) is 56.4 Å². The Bertz CT molecular complexity index is 1040. The molecule has 3 aliphatic rings. The van der Waals surface area contributed by atoms with Gasteiger partial charge in [-0.3, -0.25) is 10.1 Å². The van der Waals surface area contributed by atoms with Gasteiger partial charge in [0.1, 0.15) is 6.10 Å². The Morgan fingerprint density at radius 2 is 1.74 bits per heavy atom. The predicted octanol–water partition coefficient (Wildman–Crippen LogP) is 5.35. The molecule has 1 atom stereocenters. The monoisotopic (exact) mass is 477 g/mol. The van der Waals surface area contributed by atoms with Crippen LogP contribution in [0.2, 0.25) is 0 Å². The van der Waals surface area contributed by atoms with E-state index in [4.69, 9.17) is 9.47 Å². The van der Waals surface area contributed by atoms with Crippen molar-refractivity contribution in [2.75, 3.05) is 44.0 Å². The molecule has 0 spiro atoms. The average molecular weight is 478 g/mol. The molecule has 0 bridgehead atoms. The minimum absolute atomic E-state index is 0.0229. The Morgan fingerprint density at radius 3 is 2.37 bits per heavy atom. The molecule has 7 nitrogen and oxygen atoms in total. The number of carbonyl (C=O) groups excluding carboxylic acids is 2. The van der Waals surface area contributed by atoms with Crippen LogP contribution < -0.4 is 10.6 Å². The number of piperidine rings is 1. The molecule has 186 valence electrons. The summed E-state index contributed by atoms with van der Waals surface area (Å²) in [6.45, 7) is 2.52. The van der Waals surface area contributed by atoms with Gasteiger partial charge in [-0.25, -0.2) is 4.79 Å². The van der Waals surface area contributed by atoms with Crippen molar-refractivity contribution in [3.63, 3.8) is 0 Å². The quantitative estimate of drug-likeness (QED) is 0.586. The smallest absolute Gasteiger partial charge is 0.411 e. The molecule has 2 aromatic carbocycles. The van der Waals surface area contributed by atoms with Gasteiger partial charge < -0.3 is 19.7 Å². The number of hydrogen-bond acceptors (Lipinski definition) is 5. The number of likely N-dealkylation sites (tertiary alicyclic amines) is 1. The number of ether oxygens (including phenoxy) is 2. The molecule has 2 amide bonds. The first-order valence-corrected chi connectivity index (χ1v) is 12.9. The molecule has 2 saturated heterocycles. The Morgan fingerprint density at radius 1 is 0.971 bits per heavy atom. The summed E-state index contributed by atoms with van der Waals surface area (Å²) < 4.78 is 10.8. The SMILES string of the molecule is CNc1ccc(C2CCN(C(=O)c3ccc(C4CCC4)c(NC(=O)O[C@H]4CCOC4)c3)CC2)cc1. The fourth-order valence-electron chi connectivity index (χ4n) is 5.29. The number of amides is 2. The fourth-order valence-corrected chi connectivity index (χ4v) is 5.29. The number of anilines is 2. The number of nitrogens with zero attached hydrogens (tertiary/aromatic N) is 1. The molecule has 0 aromatic heterocycles. The highest BCUT2D eigenvalue weighted by Crippen LogP contribution is 2.40. The van der Waals surface area contributed by atoms with Crippen LogP contribution in [0.3, 0.4) is 0 Å². The van der Waals surface area contributed by atoms with E-state index in [0.717, 1.165) is 56.4 Å². The van der Waals surface area contributed by atoms with Crippen molar-refractivity contribution in [3.8, 4) is 0 Å². The van der Waals surface area contributed by atoms with Crippen LogP contribution in [0.1, 0.15) is 71.8 Å². The maximum atomic E-state index is 13.4. The average Bonchev–Trinajstić information content (AvgIpc) is 3.36. The van der Waals surface area contributed by atoms with Gasteiger partial charge in [0, 0.05) is 43.5 Å². The second-order valence-corrected chi connectivity index (χ2v) is 9.88. The van der Waals surface area contributed by atoms with Gasteiger partial charge in [-0.2, -0.15) is 0 Å². The highest BCUT2D eigenvalue weighted by atomic mass is 16.6. The van der Waals surface area contributed by atoms with Crippen LogP contribution in [0.15, 0.2) is 42.5 Å². The molecular weight excluding hydrogens is 442 g/mol. The second-order valence-electron chi connectivity index (χ2n) is 9.88. The first-order chi connectivity index (χ1) is 17.1. The molecule has 1 aliphatic carbocycles. The molecule has 2 N–H and O–H groups in total. The Labute approximate surface area is 207 Å². The zero-order chi connectivity index (χ0) is 24.2. The van der Waals surface area contributed by atoms with Crippen molar-refractivity contribution in [3.05, 3.63) is 59.2 Å². The largest absolute Gasteiger partial charge is 0.443 e. The van der Waals surface area contributed by atoms with Crippen molar-refractivity contribution >= 4 is 23.4 Å². The molecule has 35 heavy (non-hydrogen) atoms. The van der Waals surface area contributed by atoms with E-state index < -0.39 is 6.09 Å². The lowest BCUT2D eigenvalue weighted by atomic mass is 9.79. The van der Waals surface area contributed by atoms with Crippen LogP contribution in [0.4, 0.5) is 16.2 Å². The summed E-state index contributed by atoms with van der Waals surface area (Å²) in [6, 6.07) is 14.3. The summed E-state index contributed by atoms with van der Waals surface area (Å²) in [7, 11) is 1.92. The summed E-state index contributed by atoms with van der Waals surface area (Å²) in [5.74, 6) is 0.918. The van der Waals surface area contributed by atoms with Crippen molar-refractivity contribution in [2.24, 2.45) is 0 Å². The molecule has 1 saturated carbocycles. The van der Waals surface area contributed by atoms with Crippen molar-refractivity contribution < 1.29 is 19.1 Å². The standard InChI is InChI=1S/C28H35N3O4/c1-29-23-8-5-19(6-9-23)20-11-14-31(15-12-20)27(32)22-7-10-25(21-3-2-4-21)26(17-22)30-28(33)35-24-13-16-34-18-24/h5-10,17,20-21,24,29H,2-4,11-16,18H2,1H3,(H,30,33)/t24-/m0/s1. The van der Waals surface area contributed by atoms with E-state index in [1.807, 2.05) is 30.1 Å². The zero-order valence-corrected chi connectivity index (χ0v) is 20.4. The molecular formula is C28H35N3O4. The predicted molar refractivity (Wildman–Crippen MR) is 136 cm³/mol. The fraction of sp³-hybridized carbons (Fsp3) is 0.500. The number of nitrogens with one attached hydrogen (secondary N) is 2. The molecule has 3 fully saturated rings. The van der Waals surface area contributed by atoms with Crippen LogP contribution in [-0.2, 0) is 9.47 Å². The molecule has 2 aromatic rings. The Balaban J connectivity index is 1.25. The highest BCUT2D eigenvalue weighted by molar-refractivity contribution is 5.97. The van der Waals surface area contributed by atoms with Crippen LogP contribution in [0.5, 0.6) is 0 Å². The maximum Gasteiger partial charge on any atom is 0.411 e. The van der Waals surface area contributed by atoms with Gasteiger partial charge in [0.15, 0.2) is 0 Å². The third kappa shape index (κ3) is 5.45. The van der Waals surface area contributed by atoms with Crippen molar-refractivity contribution in [2.45, 2.75) is 56.5 Å². The molecule has 0 unspecified atom stereocenters. The summed E-state index contributed by atoms with van der Waals surface area (Å²) in [4.78, 5) is 27.9. The zero-order valence-electron chi connectivity index (χ0n) is 20.4. The maximum absolute atomic E-state index is 13.4. The number of rotatable bonds is 6. The van der Waals surface area contributed by atoms with Gasteiger partial charge in [0.25, 0.3) is 5.91 Å². The van der Waals surface area contributed by atoms with Crippen LogP contribution >= 0.6 is 0 Å². The Hall–Kier alpha value is -3.06. The summed E-state index contributed by atoms with van der Waals surface area (Å²) >= 11 is 0.